The predicted octanol–water partition coefficient (Wildman–Crippen LogP) is 0.323. The number of carboxylic acid groups (broad SMARTS) is 1. The van der Waals surface area contributed by atoms with Crippen molar-refractivity contribution in [1.29, 1.82) is 0 Å². The molecule has 1 aromatic carbocycles. The third-order valence-corrected chi connectivity index (χ3v) is 2.66. The second-order valence-electron chi connectivity index (χ2n) is 4.24. The van der Waals surface area contributed by atoms with Crippen LogP contribution in [-0.2, 0) is 14.3 Å². The van der Waals surface area contributed by atoms with Crippen LogP contribution in [0.3, 0.4) is 0 Å². The second kappa shape index (κ2) is 6.55. The number of rotatable bonds is 5. The summed E-state index contributed by atoms with van der Waals surface area (Å²) in [6.45, 7) is 1.78. The topological polar surface area (TPSA) is 119 Å². The van der Waals surface area contributed by atoms with Crippen molar-refractivity contribution in [1.82, 2.24) is 5.32 Å². The average Bonchev–Trinajstić information content (AvgIpc) is 2.40. The van der Waals surface area contributed by atoms with Crippen molar-refractivity contribution >= 4 is 23.5 Å². The van der Waals surface area contributed by atoms with Gasteiger partial charge in [-0.15, -0.1) is 0 Å². The van der Waals surface area contributed by atoms with Crippen molar-refractivity contribution in [2.75, 3.05) is 12.8 Å². The van der Waals surface area contributed by atoms with E-state index >= 15 is 0 Å². The first-order valence-corrected chi connectivity index (χ1v) is 5.81. The Hall–Kier alpha value is -2.57. The van der Waals surface area contributed by atoms with Gasteiger partial charge in [-0.3, -0.25) is 9.59 Å². The van der Waals surface area contributed by atoms with Crippen molar-refractivity contribution in [2.24, 2.45) is 0 Å². The molecule has 0 aromatic heterocycles. The summed E-state index contributed by atoms with van der Waals surface area (Å²) in [6.07, 6.45) is -0.455. The number of carbonyl (C=O) groups excluding carboxylic acids is 2. The maximum absolute atomic E-state index is 12.0. The lowest BCUT2D eigenvalue weighted by Gasteiger charge is -2.14. The summed E-state index contributed by atoms with van der Waals surface area (Å²) in [4.78, 5) is 34.1. The van der Waals surface area contributed by atoms with Gasteiger partial charge in [0.25, 0.3) is 5.91 Å². The normalized spacial score (nSPS) is 11.5. The highest BCUT2D eigenvalue weighted by Crippen LogP contribution is 2.14. The Kier molecular flexibility index (Phi) is 5.08. The molecule has 7 nitrogen and oxygen atoms in total. The van der Waals surface area contributed by atoms with E-state index in [1.807, 2.05) is 0 Å². The lowest BCUT2D eigenvalue weighted by atomic mass is 10.1. The number of anilines is 1. The fraction of sp³-hybridized carbons (Fsp3) is 0.308. The summed E-state index contributed by atoms with van der Waals surface area (Å²) < 4.78 is 4.38. The highest BCUT2D eigenvalue weighted by Gasteiger charge is 2.24. The molecular weight excluding hydrogens is 264 g/mol. The van der Waals surface area contributed by atoms with Gasteiger partial charge in [-0.1, -0.05) is 11.6 Å². The Morgan fingerprint density at radius 1 is 1.40 bits per heavy atom. The minimum absolute atomic E-state index is 0.168. The number of nitrogen functional groups attached to an aromatic ring is 1. The molecule has 0 aliphatic carbocycles. The Balaban J connectivity index is 2.88. The number of methoxy groups -OCH3 is 1. The molecule has 0 fully saturated rings. The van der Waals surface area contributed by atoms with E-state index in [0.717, 1.165) is 12.7 Å². The number of nitrogens with one attached hydrogen (secondary N) is 1. The molecule has 1 aromatic rings. The molecule has 1 rings (SSSR count). The van der Waals surface area contributed by atoms with Gasteiger partial charge in [-0.25, -0.2) is 4.79 Å². The molecule has 0 saturated carbocycles. The number of carbonyl (C=O) groups is 3. The molecule has 20 heavy (non-hydrogen) atoms. The number of benzene rings is 1. The fourth-order valence-corrected chi connectivity index (χ4v) is 1.55. The van der Waals surface area contributed by atoms with Crippen LogP contribution in [0.25, 0.3) is 0 Å². The first-order chi connectivity index (χ1) is 9.35. The Morgan fingerprint density at radius 2 is 2.05 bits per heavy atom. The number of hydrogen-bond acceptors (Lipinski definition) is 5. The highest BCUT2D eigenvalue weighted by molar-refractivity contribution is 6.01. The van der Waals surface area contributed by atoms with Crippen LogP contribution < -0.4 is 11.1 Å². The summed E-state index contributed by atoms with van der Waals surface area (Å²) in [6, 6.07) is 3.46. The predicted molar refractivity (Wildman–Crippen MR) is 71.1 cm³/mol. The van der Waals surface area contributed by atoms with E-state index in [4.69, 9.17) is 10.8 Å². The third-order valence-electron chi connectivity index (χ3n) is 2.66. The van der Waals surface area contributed by atoms with Gasteiger partial charge in [0.2, 0.25) is 0 Å². The number of carboxylic acids is 1. The molecule has 0 saturated heterocycles. The summed E-state index contributed by atoms with van der Waals surface area (Å²) in [7, 11) is 1.14. The number of aryl methyl sites for hydroxylation is 1. The van der Waals surface area contributed by atoms with E-state index in [1.165, 1.54) is 0 Å². The summed E-state index contributed by atoms with van der Waals surface area (Å²) in [5.74, 6) is -2.70. The molecule has 0 aliphatic heterocycles. The quantitative estimate of drug-likeness (QED) is 0.528. The zero-order chi connectivity index (χ0) is 15.3. The summed E-state index contributed by atoms with van der Waals surface area (Å²) in [5, 5.41) is 11.2. The number of amides is 1. The van der Waals surface area contributed by atoms with Gasteiger partial charge in [-0.2, -0.15) is 0 Å². The third kappa shape index (κ3) is 3.98. The molecule has 0 unspecified atom stereocenters. The molecule has 0 heterocycles. The summed E-state index contributed by atoms with van der Waals surface area (Å²) >= 11 is 0. The van der Waals surface area contributed by atoms with Crippen LogP contribution >= 0.6 is 0 Å². The maximum Gasteiger partial charge on any atom is 0.326 e. The SMILES string of the molecule is COC(=O)C[C@H](NC(=O)c1cc(C)ccc1N)C(=O)O. The average molecular weight is 280 g/mol. The molecule has 0 bridgehead atoms. The highest BCUT2D eigenvalue weighted by atomic mass is 16.5. The van der Waals surface area contributed by atoms with Gasteiger partial charge >= 0.3 is 11.9 Å². The van der Waals surface area contributed by atoms with Gasteiger partial charge in [0.15, 0.2) is 0 Å². The number of nitrogens with two attached hydrogens (primary N) is 1. The van der Waals surface area contributed by atoms with E-state index in [-0.39, 0.29) is 11.3 Å². The minimum Gasteiger partial charge on any atom is -0.480 e. The van der Waals surface area contributed by atoms with Gasteiger partial charge in [0.1, 0.15) is 6.04 Å². The number of aliphatic carboxylic acids is 1. The van der Waals surface area contributed by atoms with Gasteiger partial charge in [-0.05, 0) is 19.1 Å². The Bertz CT molecular complexity index is 542. The molecule has 108 valence electrons. The lowest BCUT2D eigenvalue weighted by Crippen LogP contribution is -2.42. The maximum atomic E-state index is 12.0. The van der Waals surface area contributed by atoms with Crippen LogP contribution in [0.15, 0.2) is 18.2 Å². The fourth-order valence-electron chi connectivity index (χ4n) is 1.55. The molecule has 1 atom stereocenters. The molecule has 4 N–H and O–H groups in total. The first kappa shape index (κ1) is 15.5. The van der Waals surface area contributed by atoms with Crippen molar-refractivity contribution in [2.45, 2.75) is 19.4 Å². The van der Waals surface area contributed by atoms with Gasteiger partial charge in [0, 0.05) is 5.69 Å². The second-order valence-corrected chi connectivity index (χ2v) is 4.24. The van der Waals surface area contributed by atoms with Gasteiger partial charge < -0.3 is 20.9 Å². The van der Waals surface area contributed by atoms with E-state index in [0.29, 0.717) is 0 Å². The molecule has 0 aliphatic rings. The smallest absolute Gasteiger partial charge is 0.326 e. The summed E-state index contributed by atoms with van der Waals surface area (Å²) in [5.41, 5.74) is 6.88. The number of ether oxygens (including phenoxy) is 1. The van der Waals surface area contributed by atoms with E-state index in [1.54, 1.807) is 25.1 Å². The van der Waals surface area contributed by atoms with Crippen molar-refractivity contribution < 1.29 is 24.2 Å². The zero-order valence-electron chi connectivity index (χ0n) is 11.2. The van der Waals surface area contributed by atoms with Crippen LogP contribution in [0.2, 0.25) is 0 Å². The van der Waals surface area contributed by atoms with Crippen LogP contribution in [0.5, 0.6) is 0 Å². The molecule has 1 amide bonds. The van der Waals surface area contributed by atoms with Crippen LogP contribution in [0.1, 0.15) is 22.3 Å². The van der Waals surface area contributed by atoms with Crippen molar-refractivity contribution in [3.8, 4) is 0 Å². The van der Waals surface area contributed by atoms with Crippen LogP contribution in [0.4, 0.5) is 5.69 Å². The lowest BCUT2D eigenvalue weighted by molar-refractivity contribution is -0.147. The number of hydrogen-bond donors (Lipinski definition) is 3. The van der Waals surface area contributed by atoms with Crippen molar-refractivity contribution in [3.63, 3.8) is 0 Å². The molecule has 0 radical (unpaired) electrons. The molecule has 0 spiro atoms. The minimum atomic E-state index is -1.37. The zero-order valence-corrected chi connectivity index (χ0v) is 11.2. The standard InChI is InChI=1S/C13H16N2O5/c1-7-3-4-9(14)8(5-7)12(17)15-10(13(18)19)6-11(16)20-2/h3-5,10H,6,14H2,1-2H3,(H,15,17)(H,18,19)/t10-/m0/s1. The first-order valence-electron chi connectivity index (χ1n) is 5.81. The van der Waals surface area contributed by atoms with E-state index in [2.05, 4.69) is 10.1 Å². The van der Waals surface area contributed by atoms with Gasteiger partial charge in [0.05, 0.1) is 19.1 Å². The van der Waals surface area contributed by atoms with Crippen LogP contribution in [0, 0.1) is 6.92 Å². The Labute approximate surface area is 115 Å². The monoisotopic (exact) mass is 280 g/mol. The van der Waals surface area contributed by atoms with E-state index < -0.39 is 30.3 Å². The molecular formula is C13H16N2O5. The number of esters is 1. The van der Waals surface area contributed by atoms with Crippen LogP contribution in [-0.4, -0.2) is 36.1 Å². The van der Waals surface area contributed by atoms with E-state index in [9.17, 15) is 14.4 Å². The largest absolute Gasteiger partial charge is 0.480 e. The van der Waals surface area contributed by atoms with Crippen molar-refractivity contribution in [3.05, 3.63) is 29.3 Å². The Morgan fingerprint density at radius 3 is 2.60 bits per heavy atom. The molecule has 7 heteroatoms.